The number of guanidine groups is 1. The van der Waals surface area contributed by atoms with Crippen molar-refractivity contribution in [3.05, 3.63) is 35.9 Å². The van der Waals surface area contributed by atoms with Gasteiger partial charge in [-0.1, -0.05) is 64.4 Å². The van der Waals surface area contributed by atoms with Gasteiger partial charge in [-0.05, 0) is 37.2 Å². The molecule has 0 unspecified atom stereocenters. The average molecular weight is 778 g/mol. The highest BCUT2D eigenvalue weighted by atomic mass is 16.3. The standard InChI is InChI=1S/C35H59N11O9/c1-6-19(4)27(28(37)49)46-30(51)22(13-10-14-40-35(38)39)41-34(55)26(18(2)3)45-31(52)23(15-21-11-8-7-9-12-21)42-32(53)25(17-48)44-33(54)24(16-47)43-29(50)20(5)36/h7-9,11-12,18-20,22-27,47-48H,6,10,13-17,36H2,1-5H3,(H2,37,49)(H,41,55)(H,42,53)(H,43,50)(H,44,54)(H,45,52)(H,46,51)(H4,38,39,40)/t19-,20-,22-,23-,24-,25-,26-,27-/m0/s1. The highest BCUT2D eigenvalue weighted by molar-refractivity contribution is 5.97. The van der Waals surface area contributed by atoms with Crippen molar-refractivity contribution in [1.29, 1.82) is 0 Å². The minimum Gasteiger partial charge on any atom is -0.394 e. The number of carbonyl (C=O) groups excluding carboxylic acids is 7. The van der Waals surface area contributed by atoms with Gasteiger partial charge in [0.05, 0.1) is 19.3 Å². The zero-order chi connectivity index (χ0) is 41.8. The molecule has 1 rings (SSSR count). The van der Waals surface area contributed by atoms with E-state index in [1.807, 2.05) is 6.92 Å². The molecule has 0 aromatic heterocycles. The summed E-state index contributed by atoms with van der Waals surface area (Å²) in [6.07, 6.45) is 0.746. The number of hydrogen-bond acceptors (Lipinski definition) is 11. The summed E-state index contributed by atoms with van der Waals surface area (Å²) in [6.45, 7) is 6.58. The van der Waals surface area contributed by atoms with Crippen LogP contribution < -0.4 is 54.8 Å². The van der Waals surface area contributed by atoms with Crippen LogP contribution in [0.25, 0.3) is 0 Å². The molecular weight excluding hydrogens is 718 g/mol. The van der Waals surface area contributed by atoms with E-state index in [1.165, 1.54) is 6.92 Å². The van der Waals surface area contributed by atoms with Gasteiger partial charge in [-0.2, -0.15) is 0 Å². The molecular formula is C35H59N11O9. The minimum atomic E-state index is -1.62. The van der Waals surface area contributed by atoms with E-state index in [0.29, 0.717) is 12.0 Å². The van der Waals surface area contributed by atoms with Crippen molar-refractivity contribution >= 4 is 47.3 Å². The lowest BCUT2D eigenvalue weighted by Crippen LogP contribution is -2.61. The first-order valence-electron chi connectivity index (χ1n) is 18.0. The molecule has 55 heavy (non-hydrogen) atoms. The van der Waals surface area contributed by atoms with Crippen LogP contribution in [0.5, 0.6) is 0 Å². The Balaban J connectivity index is 3.33. The largest absolute Gasteiger partial charge is 0.394 e. The summed E-state index contributed by atoms with van der Waals surface area (Å²) in [7, 11) is 0. The van der Waals surface area contributed by atoms with E-state index in [9.17, 15) is 43.8 Å². The number of aliphatic hydroxyl groups is 2. The van der Waals surface area contributed by atoms with Gasteiger partial charge in [0.2, 0.25) is 41.4 Å². The molecule has 16 N–H and O–H groups in total. The van der Waals surface area contributed by atoms with Gasteiger partial charge in [-0.25, -0.2) is 0 Å². The average Bonchev–Trinajstić information content (AvgIpc) is 3.13. The second-order valence-electron chi connectivity index (χ2n) is 13.5. The topological polar surface area (TPSA) is 349 Å². The van der Waals surface area contributed by atoms with Gasteiger partial charge in [0.15, 0.2) is 5.96 Å². The summed E-state index contributed by atoms with van der Waals surface area (Å²) < 4.78 is 0. The van der Waals surface area contributed by atoms with E-state index >= 15 is 0 Å². The zero-order valence-corrected chi connectivity index (χ0v) is 32.0. The lowest BCUT2D eigenvalue weighted by atomic mass is 9.97. The monoisotopic (exact) mass is 777 g/mol. The predicted molar refractivity (Wildman–Crippen MR) is 203 cm³/mol. The Morgan fingerprint density at radius 3 is 1.60 bits per heavy atom. The number of aliphatic hydroxyl groups excluding tert-OH is 2. The molecule has 0 aliphatic carbocycles. The van der Waals surface area contributed by atoms with Crippen LogP contribution in [0, 0.1) is 11.8 Å². The van der Waals surface area contributed by atoms with Crippen LogP contribution in [0.2, 0.25) is 0 Å². The van der Waals surface area contributed by atoms with E-state index in [1.54, 1.807) is 51.1 Å². The number of rotatable bonds is 24. The molecule has 0 aliphatic rings. The first kappa shape index (κ1) is 47.7. The molecule has 7 amide bonds. The fraction of sp³-hybridized carbons (Fsp3) is 0.600. The number of primary amides is 1. The lowest BCUT2D eigenvalue weighted by molar-refractivity contribution is -0.136. The number of carbonyl (C=O) groups is 7. The molecule has 0 heterocycles. The number of amides is 7. The maximum absolute atomic E-state index is 13.9. The maximum atomic E-state index is 13.9. The number of nitrogens with one attached hydrogen (secondary N) is 6. The van der Waals surface area contributed by atoms with Gasteiger partial charge in [0, 0.05) is 13.0 Å². The van der Waals surface area contributed by atoms with Gasteiger partial charge in [-0.3, -0.25) is 38.6 Å². The first-order chi connectivity index (χ1) is 25.9. The molecule has 20 nitrogen and oxygen atoms in total. The molecule has 0 saturated heterocycles. The van der Waals surface area contributed by atoms with Gasteiger partial charge in [0.25, 0.3) is 0 Å². The Morgan fingerprint density at radius 2 is 1.13 bits per heavy atom. The number of aliphatic imine (C=N–C) groups is 1. The third-order valence-electron chi connectivity index (χ3n) is 8.60. The summed E-state index contributed by atoms with van der Waals surface area (Å²) in [6, 6.07) is -0.385. The van der Waals surface area contributed by atoms with Crippen LogP contribution in [-0.2, 0) is 40.0 Å². The van der Waals surface area contributed by atoms with E-state index in [2.05, 4.69) is 36.9 Å². The maximum Gasteiger partial charge on any atom is 0.245 e. The van der Waals surface area contributed by atoms with Crippen molar-refractivity contribution in [2.75, 3.05) is 19.8 Å². The van der Waals surface area contributed by atoms with Crippen LogP contribution in [0.3, 0.4) is 0 Å². The Morgan fingerprint density at radius 1 is 0.655 bits per heavy atom. The van der Waals surface area contributed by atoms with Crippen LogP contribution in [0.4, 0.5) is 0 Å². The van der Waals surface area contributed by atoms with Gasteiger partial charge < -0.3 is 65.0 Å². The summed E-state index contributed by atoms with van der Waals surface area (Å²) >= 11 is 0. The van der Waals surface area contributed by atoms with Crippen LogP contribution >= 0.6 is 0 Å². The fourth-order valence-corrected chi connectivity index (χ4v) is 5.10. The third kappa shape index (κ3) is 16.7. The molecule has 20 heteroatoms. The molecule has 8 atom stereocenters. The van der Waals surface area contributed by atoms with Crippen LogP contribution in [0.1, 0.15) is 59.4 Å². The molecule has 0 saturated carbocycles. The quantitative estimate of drug-likeness (QED) is 0.0270. The van der Waals surface area contributed by atoms with Crippen LogP contribution in [0.15, 0.2) is 35.3 Å². The number of nitrogens with two attached hydrogens (primary N) is 4. The number of benzene rings is 1. The smallest absolute Gasteiger partial charge is 0.245 e. The first-order valence-corrected chi connectivity index (χ1v) is 18.0. The Hall–Kier alpha value is -5.34. The number of nitrogens with zero attached hydrogens (tertiary/aromatic N) is 1. The Kier molecular flexibility index (Phi) is 20.9. The van der Waals surface area contributed by atoms with Crippen molar-refractivity contribution in [1.82, 2.24) is 31.9 Å². The molecule has 0 aliphatic heterocycles. The number of hydrogen-bond donors (Lipinski definition) is 12. The molecule has 1 aromatic rings. The second-order valence-corrected chi connectivity index (χ2v) is 13.5. The van der Waals surface area contributed by atoms with E-state index in [0.717, 1.165) is 0 Å². The van der Waals surface area contributed by atoms with Crippen molar-refractivity contribution < 1.29 is 43.8 Å². The minimum absolute atomic E-state index is 0.0477. The van der Waals surface area contributed by atoms with Gasteiger partial charge in [-0.15, -0.1) is 0 Å². The molecule has 1 aromatic carbocycles. The second kappa shape index (κ2) is 24.1. The molecule has 0 fully saturated rings. The van der Waals surface area contributed by atoms with Crippen molar-refractivity contribution in [2.45, 2.75) is 103 Å². The zero-order valence-electron chi connectivity index (χ0n) is 32.0. The normalized spacial score (nSPS) is 15.4. The Labute approximate surface area is 320 Å². The van der Waals surface area contributed by atoms with Crippen molar-refractivity contribution in [2.24, 2.45) is 39.8 Å². The van der Waals surface area contributed by atoms with Crippen molar-refractivity contribution in [3.63, 3.8) is 0 Å². The fourth-order valence-electron chi connectivity index (χ4n) is 5.10. The SMILES string of the molecule is CC[C@H](C)[C@H](NC(=O)[C@H](CCCN=C(N)N)NC(=O)[C@@H](NC(=O)[C@H](Cc1ccccc1)NC(=O)[C@H](CO)NC(=O)[C@H](CO)NC(=O)[C@H](C)N)C(C)C)C(N)=O. The highest BCUT2D eigenvalue weighted by Gasteiger charge is 2.34. The van der Waals surface area contributed by atoms with Gasteiger partial charge >= 0.3 is 0 Å². The molecule has 308 valence electrons. The highest BCUT2D eigenvalue weighted by Crippen LogP contribution is 2.11. The van der Waals surface area contributed by atoms with E-state index in [4.69, 9.17) is 22.9 Å². The van der Waals surface area contributed by atoms with Crippen molar-refractivity contribution in [3.8, 4) is 0 Å². The van der Waals surface area contributed by atoms with Crippen LogP contribution in [-0.4, -0.2) is 120 Å². The molecule has 0 spiro atoms. The molecule has 0 bridgehead atoms. The summed E-state index contributed by atoms with van der Waals surface area (Å²) in [5, 5.41) is 34.5. The summed E-state index contributed by atoms with van der Waals surface area (Å²) in [4.78, 5) is 95.3. The summed E-state index contributed by atoms with van der Waals surface area (Å²) in [5.41, 5.74) is 22.5. The van der Waals surface area contributed by atoms with Gasteiger partial charge in [0.1, 0.15) is 36.3 Å². The molecule has 0 radical (unpaired) electrons. The van der Waals surface area contributed by atoms with E-state index < -0.39 is 103 Å². The summed E-state index contributed by atoms with van der Waals surface area (Å²) in [5.74, 6) is -6.78. The van der Waals surface area contributed by atoms with E-state index in [-0.39, 0.29) is 37.7 Å². The third-order valence-corrected chi connectivity index (χ3v) is 8.60. The predicted octanol–water partition coefficient (Wildman–Crippen LogP) is -4.29. The Bertz CT molecular complexity index is 1470. The lowest BCUT2D eigenvalue weighted by Gasteiger charge is -2.29.